The third-order valence-corrected chi connectivity index (χ3v) is 1.54. The monoisotopic (exact) mass is 211 g/mol. The molecule has 0 aromatic carbocycles. The van der Waals surface area contributed by atoms with Crippen LogP contribution in [0.2, 0.25) is 0 Å². The first kappa shape index (κ1) is 19.9. The first-order chi connectivity index (χ1) is 6.16. The van der Waals surface area contributed by atoms with Crippen LogP contribution in [0.25, 0.3) is 0 Å². The van der Waals surface area contributed by atoms with Crippen molar-refractivity contribution in [2.24, 2.45) is 0 Å². The number of carboxylic acid groups (broad SMARTS) is 1. The molecule has 0 saturated heterocycles. The Bertz CT molecular complexity index is 121. The molecular weight excluding hydrogens is 189 g/mol. The summed E-state index contributed by atoms with van der Waals surface area (Å²) in [5.74, 6) is -0.985. The maximum absolute atomic E-state index is 9.99. The summed E-state index contributed by atoms with van der Waals surface area (Å²) >= 11 is 0. The van der Waals surface area contributed by atoms with Gasteiger partial charge >= 0.3 is 29.6 Å². The summed E-state index contributed by atoms with van der Waals surface area (Å²) < 4.78 is 0. The average molecular weight is 211 g/mol. The van der Waals surface area contributed by atoms with E-state index >= 15 is 0 Å². The molecular formula is C10H22NNaO2. The molecule has 0 aromatic rings. The van der Waals surface area contributed by atoms with E-state index in [0.717, 1.165) is 12.8 Å². The molecule has 0 spiro atoms. The van der Waals surface area contributed by atoms with Gasteiger partial charge in [-0.3, -0.25) is 0 Å². The molecule has 0 saturated carbocycles. The van der Waals surface area contributed by atoms with Crippen molar-refractivity contribution in [3.8, 4) is 0 Å². The van der Waals surface area contributed by atoms with Gasteiger partial charge in [0.25, 0.3) is 0 Å². The van der Waals surface area contributed by atoms with Crippen LogP contribution in [0.5, 0.6) is 0 Å². The Morgan fingerprint density at radius 2 is 1.93 bits per heavy atom. The molecule has 0 bridgehead atoms. The minimum Gasteiger partial charge on any atom is -0.550 e. The number of hydrogen-bond donors (Lipinski definition) is 1. The Hall–Kier alpha value is 0.430. The van der Waals surface area contributed by atoms with E-state index < -0.39 is 5.97 Å². The van der Waals surface area contributed by atoms with Gasteiger partial charge in [-0.25, -0.2) is 0 Å². The molecule has 0 rings (SSSR count). The standard InChI is InChI=1S/C8H17NO2.C2H6.Na/c1-3-4-7(2)9-6-5-8(10)11;1-2;/h7,9H,3-6H2,1-2H3,(H,10,11);1-2H3;/q;;+1/p-1. The van der Waals surface area contributed by atoms with Crippen LogP contribution in [0.3, 0.4) is 0 Å². The Morgan fingerprint density at radius 1 is 1.43 bits per heavy atom. The Morgan fingerprint density at radius 3 is 2.29 bits per heavy atom. The summed E-state index contributed by atoms with van der Waals surface area (Å²) in [5, 5.41) is 13.1. The van der Waals surface area contributed by atoms with Crippen molar-refractivity contribution in [2.75, 3.05) is 6.54 Å². The average Bonchev–Trinajstić information content (AvgIpc) is 2.08. The van der Waals surface area contributed by atoms with Crippen LogP contribution in [-0.2, 0) is 4.79 Å². The number of aliphatic carboxylic acids is 1. The SMILES string of the molecule is CC.CCCC(C)NCCC(=O)[O-].[Na+]. The maximum atomic E-state index is 9.99. The molecule has 0 heterocycles. The van der Waals surface area contributed by atoms with Crippen LogP contribution >= 0.6 is 0 Å². The second kappa shape index (κ2) is 15.9. The van der Waals surface area contributed by atoms with E-state index in [1.54, 1.807) is 0 Å². The minimum absolute atomic E-state index is 0. The summed E-state index contributed by atoms with van der Waals surface area (Å²) in [6.07, 6.45) is 2.32. The van der Waals surface area contributed by atoms with Gasteiger partial charge in [-0.05, 0) is 19.8 Å². The van der Waals surface area contributed by atoms with Gasteiger partial charge in [-0.1, -0.05) is 27.2 Å². The van der Waals surface area contributed by atoms with Crippen LogP contribution < -0.4 is 40.0 Å². The van der Waals surface area contributed by atoms with Crippen molar-refractivity contribution in [2.45, 2.75) is 53.0 Å². The first-order valence-electron chi connectivity index (χ1n) is 5.10. The summed E-state index contributed by atoms with van der Waals surface area (Å²) in [5.41, 5.74) is 0. The van der Waals surface area contributed by atoms with Crippen LogP contribution in [0.15, 0.2) is 0 Å². The van der Waals surface area contributed by atoms with Gasteiger partial charge < -0.3 is 15.2 Å². The fraction of sp³-hybridized carbons (Fsp3) is 0.900. The molecule has 3 nitrogen and oxygen atoms in total. The van der Waals surface area contributed by atoms with Gasteiger partial charge in [0.15, 0.2) is 0 Å². The van der Waals surface area contributed by atoms with Crippen LogP contribution in [0.1, 0.15) is 47.0 Å². The molecule has 0 aliphatic heterocycles. The second-order valence-corrected chi connectivity index (χ2v) is 2.77. The largest absolute Gasteiger partial charge is 1.00 e. The number of carbonyl (C=O) groups excluding carboxylic acids is 1. The zero-order valence-corrected chi connectivity index (χ0v) is 12.2. The van der Waals surface area contributed by atoms with E-state index in [4.69, 9.17) is 0 Å². The van der Waals surface area contributed by atoms with Gasteiger partial charge in [0.2, 0.25) is 0 Å². The van der Waals surface area contributed by atoms with Gasteiger partial charge in [0, 0.05) is 18.6 Å². The number of nitrogens with one attached hydrogen (secondary N) is 1. The summed E-state index contributed by atoms with van der Waals surface area (Å²) in [6, 6.07) is 0.416. The molecule has 4 heteroatoms. The molecule has 0 aliphatic carbocycles. The Balaban J connectivity index is -0.000000376. The van der Waals surface area contributed by atoms with Crippen LogP contribution in [-0.4, -0.2) is 18.6 Å². The van der Waals surface area contributed by atoms with Crippen molar-refractivity contribution >= 4 is 5.97 Å². The quantitative estimate of drug-likeness (QED) is 0.514. The molecule has 1 atom stereocenters. The Kier molecular flexibility index (Phi) is 22.6. The molecule has 1 unspecified atom stereocenters. The zero-order chi connectivity index (χ0) is 10.7. The third-order valence-electron chi connectivity index (χ3n) is 1.54. The van der Waals surface area contributed by atoms with Crippen molar-refractivity contribution in [3.05, 3.63) is 0 Å². The topological polar surface area (TPSA) is 52.2 Å². The normalized spacial score (nSPS) is 10.6. The molecule has 0 aromatic heterocycles. The molecule has 0 radical (unpaired) electrons. The fourth-order valence-electron chi connectivity index (χ4n) is 0.956. The van der Waals surface area contributed by atoms with Crippen LogP contribution in [0, 0.1) is 0 Å². The predicted molar refractivity (Wildman–Crippen MR) is 53.3 cm³/mol. The van der Waals surface area contributed by atoms with Crippen molar-refractivity contribution in [1.82, 2.24) is 5.32 Å². The van der Waals surface area contributed by atoms with E-state index in [9.17, 15) is 9.90 Å². The van der Waals surface area contributed by atoms with Crippen molar-refractivity contribution < 1.29 is 39.5 Å². The smallest absolute Gasteiger partial charge is 0.550 e. The summed E-state index contributed by atoms with van der Waals surface area (Å²) in [7, 11) is 0. The molecule has 1 N–H and O–H groups in total. The van der Waals surface area contributed by atoms with Crippen molar-refractivity contribution in [3.63, 3.8) is 0 Å². The van der Waals surface area contributed by atoms with E-state index in [1.807, 2.05) is 13.8 Å². The number of carboxylic acids is 1. The zero-order valence-electron chi connectivity index (χ0n) is 10.2. The second-order valence-electron chi connectivity index (χ2n) is 2.77. The summed E-state index contributed by atoms with van der Waals surface area (Å²) in [6.45, 7) is 8.68. The van der Waals surface area contributed by atoms with E-state index in [1.165, 1.54) is 0 Å². The van der Waals surface area contributed by atoms with Gasteiger partial charge in [-0.2, -0.15) is 0 Å². The van der Waals surface area contributed by atoms with Crippen molar-refractivity contribution in [1.29, 1.82) is 0 Å². The van der Waals surface area contributed by atoms with E-state index in [-0.39, 0.29) is 36.0 Å². The molecule has 0 amide bonds. The Labute approximate surface area is 110 Å². The first-order valence-corrected chi connectivity index (χ1v) is 5.10. The number of hydrogen-bond acceptors (Lipinski definition) is 3. The molecule has 14 heavy (non-hydrogen) atoms. The molecule has 0 fully saturated rings. The fourth-order valence-corrected chi connectivity index (χ4v) is 0.956. The third kappa shape index (κ3) is 18.3. The molecule has 80 valence electrons. The van der Waals surface area contributed by atoms with Gasteiger partial charge in [-0.15, -0.1) is 0 Å². The minimum atomic E-state index is -0.985. The van der Waals surface area contributed by atoms with E-state index in [2.05, 4.69) is 19.2 Å². The van der Waals surface area contributed by atoms with Crippen LogP contribution in [0.4, 0.5) is 0 Å². The van der Waals surface area contributed by atoms with Gasteiger partial charge in [0.05, 0.1) is 0 Å². The molecule has 0 aliphatic rings. The maximum Gasteiger partial charge on any atom is 1.00 e. The number of rotatable bonds is 6. The predicted octanol–water partition coefficient (Wildman–Crippen LogP) is -2.07. The summed E-state index contributed by atoms with van der Waals surface area (Å²) in [4.78, 5) is 9.99. The van der Waals surface area contributed by atoms with Gasteiger partial charge in [0.1, 0.15) is 0 Å². The van der Waals surface area contributed by atoms with E-state index in [0.29, 0.717) is 12.6 Å². The number of carbonyl (C=O) groups is 1.